The molecule has 1 aliphatic rings. The predicted molar refractivity (Wildman–Crippen MR) is 124 cm³/mol. The molecule has 2 N–H and O–H groups in total. The van der Waals surface area contributed by atoms with Crippen LogP contribution in [0, 0.1) is 6.92 Å². The maximum atomic E-state index is 12.2. The molecule has 1 fully saturated rings. The average molecular weight is 435 g/mol. The Labute approximate surface area is 188 Å². The molecule has 0 aliphatic heterocycles. The number of aliphatic hydroxyl groups is 1. The van der Waals surface area contributed by atoms with Gasteiger partial charge in [-0.25, -0.2) is 14.8 Å². The van der Waals surface area contributed by atoms with Crippen LogP contribution < -0.4 is 5.32 Å². The monoisotopic (exact) mass is 434 g/mol. The zero-order valence-corrected chi connectivity index (χ0v) is 19.4. The molecule has 1 saturated carbocycles. The van der Waals surface area contributed by atoms with E-state index in [9.17, 15) is 9.90 Å². The fourth-order valence-electron chi connectivity index (χ4n) is 3.90. The maximum absolute atomic E-state index is 12.2. The molecule has 2 atom stereocenters. The van der Waals surface area contributed by atoms with E-state index in [0.29, 0.717) is 11.2 Å². The second-order valence-corrected chi connectivity index (χ2v) is 10.0. The van der Waals surface area contributed by atoms with Gasteiger partial charge in [0.25, 0.3) is 0 Å². The molecule has 168 valence electrons. The molecule has 4 rings (SSSR count). The first-order valence-electron chi connectivity index (χ1n) is 10.9. The second kappa shape index (κ2) is 7.81. The lowest BCUT2D eigenvalue weighted by Crippen LogP contribution is -2.27. The van der Waals surface area contributed by atoms with Gasteiger partial charge < -0.3 is 9.84 Å². The van der Waals surface area contributed by atoms with Gasteiger partial charge in [0.2, 0.25) is 0 Å². The van der Waals surface area contributed by atoms with E-state index in [1.54, 1.807) is 26.1 Å². The molecule has 7 heteroatoms. The van der Waals surface area contributed by atoms with Gasteiger partial charge >= 0.3 is 6.09 Å². The van der Waals surface area contributed by atoms with E-state index in [1.165, 1.54) is 0 Å². The van der Waals surface area contributed by atoms with Crippen molar-refractivity contribution in [3.05, 3.63) is 59.3 Å². The number of hydrogen-bond acceptors (Lipinski definition) is 6. The van der Waals surface area contributed by atoms with Crippen LogP contribution in [-0.4, -0.2) is 31.8 Å². The van der Waals surface area contributed by atoms with Crippen LogP contribution in [0.25, 0.3) is 10.9 Å². The molecule has 0 unspecified atom stereocenters. The Morgan fingerprint density at radius 3 is 2.50 bits per heavy atom. The first-order valence-corrected chi connectivity index (χ1v) is 10.9. The lowest BCUT2D eigenvalue weighted by molar-refractivity contribution is 0.0635. The number of fused-ring (bicyclic) bond motifs is 1. The first-order chi connectivity index (χ1) is 14.9. The molecular weight excluding hydrogens is 404 g/mol. The van der Waals surface area contributed by atoms with Crippen molar-refractivity contribution >= 4 is 22.7 Å². The smallest absolute Gasteiger partial charge is 0.412 e. The summed E-state index contributed by atoms with van der Waals surface area (Å²) in [5.74, 6) is 1.25. The van der Waals surface area contributed by atoms with Gasteiger partial charge in [0, 0.05) is 40.5 Å². The summed E-state index contributed by atoms with van der Waals surface area (Å²) in [6.07, 6.45) is 2.19. The molecule has 1 aliphatic carbocycles. The third-order valence-corrected chi connectivity index (χ3v) is 5.45. The number of pyridine rings is 1. The molecule has 3 aromatic rings. The number of amides is 1. The van der Waals surface area contributed by atoms with Gasteiger partial charge in [-0.2, -0.15) is 0 Å². The third kappa shape index (κ3) is 4.88. The average Bonchev–Trinajstić information content (AvgIpc) is 3.45. The largest absolute Gasteiger partial charge is 0.444 e. The van der Waals surface area contributed by atoms with Crippen molar-refractivity contribution in [2.24, 2.45) is 0 Å². The molecular formula is C25H30N4O3. The number of aryl methyl sites for hydroxylation is 1. The van der Waals surface area contributed by atoms with Gasteiger partial charge in [0.1, 0.15) is 11.4 Å². The van der Waals surface area contributed by atoms with Crippen LogP contribution in [0.4, 0.5) is 10.5 Å². The molecule has 7 nitrogen and oxygen atoms in total. The van der Waals surface area contributed by atoms with Gasteiger partial charge in [-0.1, -0.05) is 6.07 Å². The van der Waals surface area contributed by atoms with Gasteiger partial charge in [-0.3, -0.25) is 10.3 Å². The van der Waals surface area contributed by atoms with Crippen LogP contribution in [0.2, 0.25) is 0 Å². The van der Waals surface area contributed by atoms with Crippen molar-refractivity contribution in [1.29, 1.82) is 0 Å². The van der Waals surface area contributed by atoms with Crippen LogP contribution in [0.5, 0.6) is 0 Å². The standard InChI is InChI=1S/C25H30N4O3/c1-14-9-10-26-22(27-14)18-12-17(18)21-13-19(25(5,6)31)16-8-7-15(11-20(16)29-21)28-23(30)32-24(2,3)4/h7-11,13,17-18,31H,12H2,1-6H3,(H,28,30)/t17-,18-/m0/s1. The Morgan fingerprint density at radius 2 is 1.84 bits per heavy atom. The fraction of sp³-hybridized carbons (Fsp3) is 0.440. The molecule has 0 saturated heterocycles. The molecule has 0 bridgehead atoms. The number of nitrogens with zero attached hydrogens (tertiary/aromatic N) is 3. The lowest BCUT2D eigenvalue weighted by Gasteiger charge is -2.22. The topological polar surface area (TPSA) is 97.2 Å². The first kappa shape index (κ1) is 22.1. The maximum Gasteiger partial charge on any atom is 0.412 e. The summed E-state index contributed by atoms with van der Waals surface area (Å²) >= 11 is 0. The second-order valence-electron chi connectivity index (χ2n) is 10.0. The summed E-state index contributed by atoms with van der Waals surface area (Å²) in [6, 6.07) is 9.37. The summed E-state index contributed by atoms with van der Waals surface area (Å²) in [7, 11) is 0. The van der Waals surface area contributed by atoms with Crippen molar-refractivity contribution < 1.29 is 14.6 Å². The van der Waals surface area contributed by atoms with Gasteiger partial charge in [0.15, 0.2) is 0 Å². The number of ether oxygens (including phenoxy) is 1. The number of aromatic nitrogens is 3. The van der Waals surface area contributed by atoms with Crippen molar-refractivity contribution in [1.82, 2.24) is 15.0 Å². The number of nitrogens with one attached hydrogen (secondary N) is 1. The number of hydrogen-bond donors (Lipinski definition) is 2. The van der Waals surface area contributed by atoms with E-state index in [0.717, 1.165) is 34.6 Å². The molecule has 2 aromatic heterocycles. The van der Waals surface area contributed by atoms with Crippen LogP contribution in [-0.2, 0) is 10.3 Å². The summed E-state index contributed by atoms with van der Waals surface area (Å²) in [4.78, 5) is 26.1. The third-order valence-electron chi connectivity index (χ3n) is 5.45. The number of anilines is 1. The molecule has 0 radical (unpaired) electrons. The van der Waals surface area contributed by atoms with E-state index in [-0.39, 0.29) is 11.8 Å². The molecule has 1 amide bonds. The van der Waals surface area contributed by atoms with Crippen LogP contribution in [0.1, 0.15) is 75.7 Å². The van der Waals surface area contributed by atoms with Gasteiger partial charge in [0.05, 0.1) is 11.1 Å². The van der Waals surface area contributed by atoms with E-state index in [1.807, 2.05) is 52.0 Å². The van der Waals surface area contributed by atoms with Crippen LogP contribution >= 0.6 is 0 Å². The number of rotatable bonds is 4. The van der Waals surface area contributed by atoms with E-state index in [2.05, 4.69) is 15.3 Å². The lowest BCUT2D eigenvalue weighted by atomic mass is 9.93. The Morgan fingerprint density at radius 1 is 1.09 bits per heavy atom. The Hall–Kier alpha value is -3.06. The minimum absolute atomic E-state index is 0.199. The van der Waals surface area contributed by atoms with E-state index < -0.39 is 17.3 Å². The number of carbonyl (C=O) groups excluding carboxylic acids is 1. The Kier molecular flexibility index (Phi) is 5.41. The minimum Gasteiger partial charge on any atom is -0.444 e. The quantitative estimate of drug-likeness (QED) is 0.587. The molecule has 2 heterocycles. The molecule has 1 aromatic carbocycles. The SMILES string of the molecule is Cc1ccnc([C@H]2C[C@@H]2c2cc(C(C)(C)O)c3ccc(NC(=O)OC(C)(C)C)cc3n2)n1. The highest BCUT2D eigenvalue weighted by Gasteiger charge is 2.43. The summed E-state index contributed by atoms with van der Waals surface area (Å²) in [5, 5.41) is 14.5. The fourth-order valence-corrected chi connectivity index (χ4v) is 3.90. The normalized spacial score (nSPS) is 18.5. The van der Waals surface area contributed by atoms with Gasteiger partial charge in [-0.05, 0) is 77.8 Å². The highest BCUT2D eigenvalue weighted by Crippen LogP contribution is 2.53. The minimum atomic E-state index is -1.04. The molecule has 0 spiro atoms. The number of benzene rings is 1. The number of carbonyl (C=O) groups is 1. The Bertz CT molecular complexity index is 1180. The highest BCUT2D eigenvalue weighted by molar-refractivity contribution is 5.91. The summed E-state index contributed by atoms with van der Waals surface area (Å²) in [6.45, 7) is 11.0. The van der Waals surface area contributed by atoms with Crippen LogP contribution in [0.15, 0.2) is 36.5 Å². The van der Waals surface area contributed by atoms with E-state index >= 15 is 0 Å². The van der Waals surface area contributed by atoms with E-state index in [4.69, 9.17) is 9.72 Å². The van der Waals surface area contributed by atoms with Gasteiger partial charge in [-0.15, -0.1) is 0 Å². The zero-order chi connectivity index (χ0) is 23.3. The summed E-state index contributed by atoms with van der Waals surface area (Å²) in [5.41, 5.74) is 2.33. The molecule has 32 heavy (non-hydrogen) atoms. The zero-order valence-electron chi connectivity index (χ0n) is 19.4. The van der Waals surface area contributed by atoms with Crippen molar-refractivity contribution in [3.8, 4) is 0 Å². The van der Waals surface area contributed by atoms with Crippen molar-refractivity contribution in [2.45, 2.75) is 71.0 Å². The van der Waals surface area contributed by atoms with Crippen molar-refractivity contribution in [2.75, 3.05) is 5.32 Å². The van der Waals surface area contributed by atoms with Crippen LogP contribution in [0.3, 0.4) is 0 Å². The highest BCUT2D eigenvalue weighted by atomic mass is 16.6. The Balaban J connectivity index is 1.69. The summed E-state index contributed by atoms with van der Waals surface area (Å²) < 4.78 is 5.35. The predicted octanol–water partition coefficient (Wildman–Crippen LogP) is 5.18. The van der Waals surface area contributed by atoms with Crippen molar-refractivity contribution in [3.63, 3.8) is 0 Å².